The molecular weight excluding hydrogens is 110 g/mol. The molecule has 0 spiro atoms. The minimum atomic E-state index is 0.889. The summed E-state index contributed by atoms with van der Waals surface area (Å²) in [6, 6.07) is 0. The van der Waals surface area contributed by atoms with E-state index in [1.807, 2.05) is 13.8 Å². The van der Waals surface area contributed by atoms with Gasteiger partial charge in [-0.1, -0.05) is 13.0 Å². The van der Waals surface area contributed by atoms with E-state index in [9.17, 15) is 0 Å². The van der Waals surface area contributed by atoms with Crippen molar-refractivity contribution in [1.82, 2.24) is 0 Å². The van der Waals surface area contributed by atoms with Crippen LogP contribution in [-0.2, 0) is 0 Å². The van der Waals surface area contributed by atoms with Gasteiger partial charge in [-0.2, -0.15) is 0 Å². The third-order valence-electron chi connectivity index (χ3n) is 1.00. The third-order valence-corrected chi connectivity index (χ3v) is 1.00. The summed E-state index contributed by atoms with van der Waals surface area (Å²) in [4.78, 5) is 4.19. The molecule has 0 aliphatic carbocycles. The lowest BCUT2D eigenvalue weighted by molar-refractivity contribution is 1.13. The molecule has 0 atom stereocenters. The molecule has 0 aliphatic heterocycles. The van der Waals surface area contributed by atoms with E-state index in [0.717, 1.165) is 18.7 Å². The van der Waals surface area contributed by atoms with Crippen LogP contribution in [0.5, 0.6) is 0 Å². The SMILES string of the molecule is CC/C=C\C(C)=NCC. The first-order chi connectivity index (χ1) is 4.31. The summed E-state index contributed by atoms with van der Waals surface area (Å²) in [5, 5.41) is 0. The first-order valence-electron chi connectivity index (χ1n) is 3.48. The van der Waals surface area contributed by atoms with Crippen LogP contribution in [0.4, 0.5) is 0 Å². The molecule has 52 valence electrons. The van der Waals surface area contributed by atoms with E-state index >= 15 is 0 Å². The summed E-state index contributed by atoms with van der Waals surface area (Å²) in [5.74, 6) is 0. The van der Waals surface area contributed by atoms with Crippen molar-refractivity contribution < 1.29 is 0 Å². The summed E-state index contributed by atoms with van der Waals surface area (Å²) < 4.78 is 0. The number of aliphatic imine (C=N–C) groups is 1. The van der Waals surface area contributed by atoms with Crippen molar-refractivity contribution in [2.75, 3.05) is 6.54 Å². The summed E-state index contributed by atoms with van der Waals surface area (Å²) >= 11 is 0. The van der Waals surface area contributed by atoms with E-state index in [2.05, 4.69) is 24.1 Å². The second kappa shape index (κ2) is 5.54. The smallest absolute Gasteiger partial charge is 0.0364 e. The maximum absolute atomic E-state index is 4.19. The lowest BCUT2D eigenvalue weighted by atomic mass is 10.3. The molecule has 0 amide bonds. The van der Waals surface area contributed by atoms with Crippen molar-refractivity contribution in [2.24, 2.45) is 4.99 Å². The molecule has 0 saturated heterocycles. The van der Waals surface area contributed by atoms with Gasteiger partial charge in [-0.05, 0) is 26.3 Å². The fourth-order valence-electron chi connectivity index (χ4n) is 0.591. The van der Waals surface area contributed by atoms with Crippen molar-refractivity contribution in [1.29, 1.82) is 0 Å². The molecule has 1 heteroatoms. The highest BCUT2D eigenvalue weighted by Crippen LogP contribution is 1.83. The molecular formula is C8H15N. The zero-order valence-corrected chi connectivity index (χ0v) is 6.52. The fraction of sp³-hybridized carbons (Fsp3) is 0.625. The average molecular weight is 125 g/mol. The number of rotatable bonds is 3. The highest BCUT2D eigenvalue weighted by atomic mass is 14.7. The minimum absolute atomic E-state index is 0.889. The van der Waals surface area contributed by atoms with E-state index in [1.54, 1.807) is 0 Å². The minimum Gasteiger partial charge on any atom is -0.290 e. The Hall–Kier alpha value is -0.590. The Bertz CT molecular complexity index is 112. The van der Waals surface area contributed by atoms with Crippen molar-refractivity contribution in [3.8, 4) is 0 Å². The standard InChI is InChI=1S/C8H15N/c1-4-6-7-8(3)9-5-2/h6-7H,4-5H2,1-3H3/b7-6-,9-8?. The topological polar surface area (TPSA) is 12.4 Å². The predicted octanol–water partition coefficient (Wildman–Crippen LogP) is 2.43. The molecule has 0 bridgehead atoms. The quantitative estimate of drug-likeness (QED) is 0.514. The molecule has 0 aromatic heterocycles. The normalized spacial score (nSPS) is 13.0. The summed E-state index contributed by atoms with van der Waals surface area (Å²) in [6.45, 7) is 7.08. The maximum Gasteiger partial charge on any atom is 0.0364 e. The number of allylic oxidation sites excluding steroid dienone is 2. The van der Waals surface area contributed by atoms with Crippen molar-refractivity contribution in [2.45, 2.75) is 27.2 Å². The van der Waals surface area contributed by atoms with E-state index in [1.165, 1.54) is 0 Å². The second-order valence-electron chi connectivity index (χ2n) is 1.93. The Morgan fingerprint density at radius 3 is 2.56 bits per heavy atom. The van der Waals surface area contributed by atoms with Crippen molar-refractivity contribution >= 4 is 5.71 Å². The fourth-order valence-corrected chi connectivity index (χ4v) is 0.591. The van der Waals surface area contributed by atoms with E-state index in [-0.39, 0.29) is 0 Å². The van der Waals surface area contributed by atoms with Gasteiger partial charge in [0.15, 0.2) is 0 Å². The van der Waals surface area contributed by atoms with Gasteiger partial charge < -0.3 is 0 Å². The van der Waals surface area contributed by atoms with E-state index in [0.29, 0.717) is 0 Å². The summed E-state index contributed by atoms with van der Waals surface area (Å²) in [6.07, 6.45) is 5.27. The molecule has 0 radical (unpaired) electrons. The van der Waals surface area contributed by atoms with Gasteiger partial charge in [-0.25, -0.2) is 0 Å². The molecule has 0 N–H and O–H groups in total. The molecule has 0 heterocycles. The zero-order chi connectivity index (χ0) is 7.11. The number of hydrogen-bond acceptors (Lipinski definition) is 1. The lowest BCUT2D eigenvalue weighted by Crippen LogP contribution is -1.84. The molecule has 0 saturated carbocycles. The molecule has 0 aromatic carbocycles. The second-order valence-corrected chi connectivity index (χ2v) is 1.93. The van der Waals surface area contributed by atoms with Gasteiger partial charge in [0.2, 0.25) is 0 Å². The van der Waals surface area contributed by atoms with Crippen LogP contribution in [-0.4, -0.2) is 12.3 Å². The number of hydrogen-bond donors (Lipinski definition) is 0. The van der Waals surface area contributed by atoms with Crippen LogP contribution < -0.4 is 0 Å². The lowest BCUT2D eigenvalue weighted by Gasteiger charge is -1.87. The van der Waals surface area contributed by atoms with Crippen LogP contribution >= 0.6 is 0 Å². The first kappa shape index (κ1) is 8.41. The maximum atomic E-state index is 4.19. The van der Waals surface area contributed by atoms with Gasteiger partial charge >= 0.3 is 0 Å². The molecule has 0 aromatic rings. The Kier molecular flexibility index (Phi) is 5.18. The largest absolute Gasteiger partial charge is 0.290 e. The Balaban J connectivity index is 3.60. The van der Waals surface area contributed by atoms with Crippen LogP contribution in [0.25, 0.3) is 0 Å². The van der Waals surface area contributed by atoms with Crippen molar-refractivity contribution in [3.63, 3.8) is 0 Å². The van der Waals surface area contributed by atoms with Gasteiger partial charge in [0.1, 0.15) is 0 Å². The average Bonchev–Trinajstić information content (AvgIpc) is 1.85. The predicted molar refractivity (Wildman–Crippen MR) is 43.1 cm³/mol. The zero-order valence-electron chi connectivity index (χ0n) is 6.52. The molecule has 0 fully saturated rings. The molecule has 9 heavy (non-hydrogen) atoms. The summed E-state index contributed by atoms with van der Waals surface area (Å²) in [7, 11) is 0. The Morgan fingerprint density at radius 1 is 1.44 bits per heavy atom. The number of nitrogens with zero attached hydrogens (tertiary/aromatic N) is 1. The third kappa shape index (κ3) is 5.28. The Morgan fingerprint density at radius 2 is 2.11 bits per heavy atom. The monoisotopic (exact) mass is 125 g/mol. The van der Waals surface area contributed by atoms with Gasteiger partial charge in [-0.3, -0.25) is 4.99 Å². The van der Waals surface area contributed by atoms with Crippen LogP contribution in [0.15, 0.2) is 17.1 Å². The molecule has 1 nitrogen and oxygen atoms in total. The highest BCUT2D eigenvalue weighted by Gasteiger charge is 1.77. The van der Waals surface area contributed by atoms with Crippen LogP contribution in [0.2, 0.25) is 0 Å². The van der Waals surface area contributed by atoms with Crippen LogP contribution in [0, 0.1) is 0 Å². The van der Waals surface area contributed by atoms with Crippen LogP contribution in [0.1, 0.15) is 27.2 Å². The molecule has 0 aliphatic rings. The van der Waals surface area contributed by atoms with Gasteiger partial charge in [0.05, 0.1) is 0 Å². The van der Waals surface area contributed by atoms with Gasteiger partial charge in [-0.15, -0.1) is 0 Å². The highest BCUT2D eigenvalue weighted by molar-refractivity contribution is 5.92. The van der Waals surface area contributed by atoms with Crippen molar-refractivity contribution in [3.05, 3.63) is 12.2 Å². The van der Waals surface area contributed by atoms with Gasteiger partial charge in [0, 0.05) is 12.3 Å². The summed E-state index contributed by atoms with van der Waals surface area (Å²) in [5.41, 5.74) is 1.12. The first-order valence-corrected chi connectivity index (χ1v) is 3.48. The van der Waals surface area contributed by atoms with Crippen LogP contribution in [0.3, 0.4) is 0 Å². The van der Waals surface area contributed by atoms with E-state index < -0.39 is 0 Å². The molecule has 0 unspecified atom stereocenters. The Labute approximate surface area is 57.5 Å². The van der Waals surface area contributed by atoms with Gasteiger partial charge in [0.25, 0.3) is 0 Å². The van der Waals surface area contributed by atoms with E-state index in [4.69, 9.17) is 0 Å². The molecule has 0 rings (SSSR count).